The van der Waals surface area contributed by atoms with Crippen LogP contribution in [0.4, 0.5) is 0 Å². The van der Waals surface area contributed by atoms with Crippen LogP contribution in [0.1, 0.15) is 15.9 Å². The van der Waals surface area contributed by atoms with Crippen LogP contribution in [0.3, 0.4) is 0 Å². The Balaban J connectivity index is 1.47. The number of methoxy groups -OCH3 is 2. The van der Waals surface area contributed by atoms with Crippen LogP contribution in [0.5, 0.6) is 11.5 Å². The second-order valence-electron chi connectivity index (χ2n) is 10.6. The first kappa shape index (κ1) is 33.9. The van der Waals surface area contributed by atoms with Crippen LogP contribution in [0.2, 0.25) is 0 Å². The Hall–Kier alpha value is -4.48. The van der Waals surface area contributed by atoms with Crippen LogP contribution in [0.15, 0.2) is 102 Å². The summed E-state index contributed by atoms with van der Waals surface area (Å²) in [5.74, 6) is 1.81. The Kier molecular flexibility index (Phi) is 12.2. The van der Waals surface area contributed by atoms with Crippen LogP contribution in [0.25, 0.3) is 33.9 Å². The highest BCUT2D eigenvalue weighted by Gasteiger charge is 2.23. The van der Waals surface area contributed by atoms with Crippen LogP contribution in [0, 0.1) is 0 Å². The van der Waals surface area contributed by atoms with Crippen molar-refractivity contribution in [3.63, 3.8) is 0 Å². The molecule has 5 rings (SSSR count). The molecule has 1 aromatic heterocycles. The number of hydrogen-bond acceptors (Lipinski definition) is 7. The number of ether oxygens (including phenoxy) is 4. The zero-order valence-electron chi connectivity index (χ0n) is 26.6. The summed E-state index contributed by atoms with van der Waals surface area (Å²) >= 11 is 3.67. The largest absolute Gasteiger partial charge is 0.493 e. The number of nitrogens with two attached hydrogens (primary N) is 1. The Morgan fingerprint density at radius 3 is 2.11 bits per heavy atom. The number of rotatable bonds is 16. The van der Waals surface area contributed by atoms with E-state index >= 15 is 0 Å². The summed E-state index contributed by atoms with van der Waals surface area (Å²) in [6.07, 6.45) is 0. The zero-order valence-corrected chi connectivity index (χ0v) is 28.2. The number of aromatic nitrogens is 2. The number of imidazole rings is 1. The van der Waals surface area contributed by atoms with Gasteiger partial charge < -0.3 is 34.6 Å². The van der Waals surface area contributed by atoms with Crippen LogP contribution < -0.4 is 20.5 Å². The normalized spacial score (nSPS) is 11.0. The molecule has 0 spiro atoms. The first-order valence-corrected chi connectivity index (χ1v) is 16.2. The zero-order chi connectivity index (χ0) is 33.0. The number of carbonyl (C=O) groups excluding carboxylic acids is 1. The van der Waals surface area contributed by atoms with Gasteiger partial charge in [-0.05, 0) is 45.8 Å². The average molecular weight is 700 g/mol. The van der Waals surface area contributed by atoms with Gasteiger partial charge in [0.1, 0.15) is 5.82 Å². The molecule has 0 aliphatic heterocycles. The van der Waals surface area contributed by atoms with Crippen molar-refractivity contribution in [2.24, 2.45) is 5.73 Å². The molecule has 47 heavy (non-hydrogen) atoms. The number of amides is 1. The lowest BCUT2D eigenvalue weighted by Gasteiger charge is -2.16. The third kappa shape index (κ3) is 8.47. The van der Waals surface area contributed by atoms with E-state index in [0.29, 0.717) is 63.1 Å². The van der Waals surface area contributed by atoms with E-state index in [1.807, 2.05) is 72.8 Å². The van der Waals surface area contributed by atoms with Gasteiger partial charge in [-0.15, -0.1) is 0 Å². The maximum Gasteiger partial charge on any atom is 0.251 e. The molecule has 0 aliphatic rings. The summed E-state index contributed by atoms with van der Waals surface area (Å²) < 4.78 is 25.1. The lowest BCUT2D eigenvalue weighted by atomic mass is 10.0. The number of carbonyl (C=O) groups is 1. The van der Waals surface area contributed by atoms with Crippen molar-refractivity contribution in [3.05, 3.63) is 113 Å². The predicted molar refractivity (Wildman–Crippen MR) is 188 cm³/mol. The van der Waals surface area contributed by atoms with Crippen molar-refractivity contribution in [2.45, 2.75) is 6.54 Å². The van der Waals surface area contributed by atoms with Crippen LogP contribution >= 0.6 is 15.9 Å². The third-order valence-corrected chi connectivity index (χ3v) is 8.07. The Morgan fingerprint density at radius 1 is 0.809 bits per heavy atom. The molecule has 1 amide bonds. The molecule has 1 heterocycles. The van der Waals surface area contributed by atoms with Crippen LogP contribution in [-0.4, -0.2) is 69.2 Å². The molecule has 9 nitrogen and oxygen atoms in total. The minimum Gasteiger partial charge on any atom is -0.493 e. The minimum atomic E-state index is -0.158. The number of nitrogens with zero attached hydrogens (tertiary/aromatic N) is 2. The fourth-order valence-electron chi connectivity index (χ4n) is 5.25. The van der Waals surface area contributed by atoms with Crippen molar-refractivity contribution in [1.82, 2.24) is 14.9 Å². The van der Waals surface area contributed by atoms with Crippen molar-refractivity contribution in [3.8, 4) is 45.4 Å². The van der Waals surface area contributed by atoms with Gasteiger partial charge in [-0.3, -0.25) is 4.79 Å². The summed E-state index contributed by atoms with van der Waals surface area (Å²) in [4.78, 5) is 18.1. The second-order valence-corrected chi connectivity index (χ2v) is 11.5. The smallest absolute Gasteiger partial charge is 0.251 e. The topological polar surface area (TPSA) is 110 Å². The van der Waals surface area contributed by atoms with E-state index in [0.717, 1.165) is 43.9 Å². The van der Waals surface area contributed by atoms with E-state index in [1.54, 1.807) is 14.2 Å². The molecule has 4 aromatic carbocycles. The molecule has 0 atom stereocenters. The van der Waals surface area contributed by atoms with E-state index in [2.05, 4.69) is 50.1 Å². The molecule has 0 saturated heterocycles. The first-order chi connectivity index (χ1) is 23.0. The van der Waals surface area contributed by atoms with Crippen molar-refractivity contribution in [2.75, 3.05) is 53.7 Å². The van der Waals surface area contributed by atoms with Crippen molar-refractivity contribution in [1.29, 1.82) is 0 Å². The lowest BCUT2D eigenvalue weighted by Crippen LogP contribution is -2.27. The lowest BCUT2D eigenvalue weighted by molar-refractivity contribution is 0.0511. The molecule has 0 fully saturated rings. The predicted octanol–water partition coefficient (Wildman–Crippen LogP) is 6.43. The number of benzene rings is 4. The third-order valence-electron chi connectivity index (χ3n) is 7.48. The van der Waals surface area contributed by atoms with Crippen LogP contribution in [-0.2, 0) is 16.0 Å². The molecular weight excluding hydrogens is 660 g/mol. The summed E-state index contributed by atoms with van der Waals surface area (Å²) in [7, 11) is 3.24. The van der Waals surface area contributed by atoms with Gasteiger partial charge in [0.15, 0.2) is 11.5 Å². The highest BCUT2D eigenvalue weighted by molar-refractivity contribution is 9.10. The summed E-state index contributed by atoms with van der Waals surface area (Å²) in [5.41, 5.74) is 11.7. The highest BCUT2D eigenvalue weighted by atomic mass is 79.9. The molecule has 5 aromatic rings. The Morgan fingerprint density at radius 2 is 1.47 bits per heavy atom. The number of nitrogens with one attached hydrogen (secondary N) is 1. The van der Waals surface area contributed by atoms with E-state index in [4.69, 9.17) is 29.7 Å². The van der Waals surface area contributed by atoms with Crippen molar-refractivity contribution < 1.29 is 23.7 Å². The van der Waals surface area contributed by atoms with Crippen molar-refractivity contribution >= 4 is 21.8 Å². The van der Waals surface area contributed by atoms with Gasteiger partial charge in [0.2, 0.25) is 0 Å². The summed E-state index contributed by atoms with van der Waals surface area (Å²) in [6, 6.07) is 32.0. The molecule has 0 bridgehead atoms. The standard InChI is InChI=1S/C37H39BrN4O5/c1-44-32-24-30(23-31(38)35(32)45-2)36-41-33(27-9-5-3-6-10-27)34(28-11-7-4-8-12-28)42(36)25-26-13-15-29(16-14-26)37(43)40-18-20-47-22-21-46-19-17-39/h3-16,23-24H,17-22,25,39H2,1-2H3,(H,40,43). The van der Waals surface area contributed by atoms with Gasteiger partial charge in [-0.25, -0.2) is 4.98 Å². The summed E-state index contributed by atoms with van der Waals surface area (Å²) in [5, 5.41) is 2.91. The molecule has 10 heteroatoms. The van der Waals surface area contributed by atoms with Gasteiger partial charge >= 0.3 is 0 Å². The highest BCUT2D eigenvalue weighted by Crippen LogP contribution is 2.42. The summed E-state index contributed by atoms with van der Waals surface area (Å²) in [6.45, 7) is 3.24. The number of hydrogen-bond donors (Lipinski definition) is 2. The molecule has 0 aliphatic carbocycles. The maximum atomic E-state index is 12.8. The Labute approximate surface area is 283 Å². The molecular formula is C37H39BrN4O5. The van der Waals surface area contributed by atoms with Gasteiger partial charge in [-0.2, -0.15) is 0 Å². The van der Waals surface area contributed by atoms with Gasteiger partial charge in [-0.1, -0.05) is 72.8 Å². The van der Waals surface area contributed by atoms with E-state index in [-0.39, 0.29) is 5.91 Å². The Bertz CT molecular complexity index is 1740. The van der Waals surface area contributed by atoms with E-state index in [9.17, 15) is 4.79 Å². The van der Waals surface area contributed by atoms with E-state index < -0.39 is 0 Å². The fraction of sp³-hybridized carbons (Fsp3) is 0.243. The van der Waals surface area contributed by atoms with Gasteiger partial charge in [0.05, 0.1) is 56.5 Å². The van der Waals surface area contributed by atoms with Gasteiger partial charge in [0.25, 0.3) is 5.91 Å². The average Bonchev–Trinajstić information content (AvgIpc) is 3.49. The molecule has 0 radical (unpaired) electrons. The van der Waals surface area contributed by atoms with Gasteiger partial charge in [0, 0.05) is 41.9 Å². The minimum absolute atomic E-state index is 0.158. The fourth-order valence-corrected chi connectivity index (χ4v) is 5.85. The maximum absolute atomic E-state index is 12.8. The quantitative estimate of drug-likeness (QED) is 0.114. The monoisotopic (exact) mass is 698 g/mol. The molecule has 0 saturated carbocycles. The second kappa shape index (κ2) is 16.9. The molecule has 3 N–H and O–H groups in total. The molecule has 244 valence electrons. The van der Waals surface area contributed by atoms with E-state index in [1.165, 1.54) is 0 Å². The first-order valence-electron chi connectivity index (χ1n) is 15.4. The molecule has 0 unspecified atom stereocenters. The number of halogens is 1. The SMILES string of the molecule is COc1cc(-c2nc(-c3ccccc3)c(-c3ccccc3)n2Cc2ccc(C(=O)NCCOCCOCCN)cc2)cc(Br)c1OC.